The summed E-state index contributed by atoms with van der Waals surface area (Å²) in [5.41, 5.74) is 9.55. The average molecular weight is 271 g/mol. The van der Waals surface area contributed by atoms with Crippen LogP contribution in [-0.4, -0.2) is 11.1 Å². The van der Waals surface area contributed by atoms with Crippen molar-refractivity contribution in [3.63, 3.8) is 0 Å². The van der Waals surface area contributed by atoms with Crippen LogP contribution in [0.3, 0.4) is 0 Å². The van der Waals surface area contributed by atoms with Gasteiger partial charge in [0.2, 0.25) is 0 Å². The van der Waals surface area contributed by atoms with Gasteiger partial charge in [0.1, 0.15) is 17.9 Å². The van der Waals surface area contributed by atoms with Crippen LogP contribution in [0, 0.1) is 13.8 Å². The Bertz CT molecular complexity index is 650. The van der Waals surface area contributed by atoms with E-state index in [-0.39, 0.29) is 5.56 Å². The highest BCUT2D eigenvalue weighted by Crippen LogP contribution is 2.23. The van der Waals surface area contributed by atoms with Crippen LogP contribution in [0.25, 0.3) is 0 Å². The minimum absolute atomic E-state index is 0.115. The predicted octanol–water partition coefficient (Wildman–Crippen LogP) is 3.16. The lowest BCUT2D eigenvalue weighted by Crippen LogP contribution is -2.05. The Kier molecular flexibility index (Phi) is 3.94. The highest BCUT2D eigenvalue weighted by Gasteiger charge is 2.12. The summed E-state index contributed by atoms with van der Waals surface area (Å²) in [5.74, 6) is -0.737. The Morgan fingerprint density at radius 1 is 1.20 bits per heavy atom. The van der Waals surface area contributed by atoms with Crippen molar-refractivity contribution in [3.05, 3.63) is 58.7 Å². The van der Waals surface area contributed by atoms with E-state index in [0.717, 1.165) is 16.7 Å². The number of aryl methyl sites for hydroxylation is 2. The Morgan fingerprint density at radius 3 is 2.65 bits per heavy atom. The van der Waals surface area contributed by atoms with Gasteiger partial charge in [0.05, 0.1) is 0 Å². The number of ether oxygens (including phenoxy) is 1. The molecule has 0 unspecified atom stereocenters. The van der Waals surface area contributed by atoms with Gasteiger partial charge in [-0.15, -0.1) is 0 Å². The molecule has 0 fully saturated rings. The summed E-state index contributed by atoms with van der Waals surface area (Å²) in [6, 6.07) is 10.6. The fraction of sp³-hybridized carbons (Fsp3) is 0.188. The first-order valence-corrected chi connectivity index (χ1v) is 6.29. The molecule has 4 nitrogen and oxygen atoms in total. The van der Waals surface area contributed by atoms with Gasteiger partial charge in [-0.2, -0.15) is 0 Å². The average Bonchev–Trinajstić information content (AvgIpc) is 2.39. The van der Waals surface area contributed by atoms with Gasteiger partial charge in [-0.05, 0) is 37.1 Å². The van der Waals surface area contributed by atoms with Crippen LogP contribution < -0.4 is 10.5 Å². The van der Waals surface area contributed by atoms with Crippen LogP contribution in [0.1, 0.15) is 27.0 Å². The molecule has 2 rings (SSSR count). The lowest BCUT2D eigenvalue weighted by molar-refractivity contribution is 0.0692. The molecule has 2 aromatic rings. The molecular formula is C16H17NO3. The molecule has 20 heavy (non-hydrogen) atoms. The Hall–Kier alpha value is -2.49. The van der Waals surface area contributed by atoms with E-state index in [2.05, 4.69) is 0 Å². The minimum Gasteiger partial charge on any atom is -0.488 e. The second-order valence-corrected chi connectivity index (χ2v) is 4.78. The van der Waals surface area contributed by atoms with E-state index < -0.39 is 5.97 Å². The summed E-state index contributed by atoms with van der Waals surface area (Å²) in [5, 5.41) is 9.13. The zero-order chi connectivity index (χ0) is 14.7. The molecule has 0 aliphatic carbocycles. The minimum atomic E-state index is -1.03. The highest BCUT2D eigenvalue weighted by atomic mass is 16.5. The molecule has 3 N–H and O–H groups in total. The molecule has 0 saturated heterocycles. The lowest BCUT2D eigenvalue weighted by Gasteiger charge is -2.12. The monoisotopic (exact) mass is 271 g/mol. The Labute approximate surface area is 117 Å². The summed E-state index contributed by atoms with van der Waals surface area (Å²) in [7, 11) is 0. The smallest absolute Gasteiger partial charge is 0.339 e. The first-order chi connectivity index (χ1) is 9.47. The number of anilines is 1. The number of hydrogen-bond donors (Lipinski definition) is 2. The second-order valence-electron chi connectivity index (χ2n) is 4.78. The summed E-state index contributed by atoms with van der Waals surface area (Å²) in [6.07, 6.45) is 0. The van der Waals surface area contributed by atoms with Gasteiger partial charge in [-0.1, -0.05) is 23.8 Å². The zero-order valence-electron chi connectivity index (χ0n) is 11.5. The van der Waals surface area contributed by atoms with E-state index in [0.29, 0.717) is 18.0 Å². The number of benzene rings is 2. The first kappa shape index (κ1) is 13.9. The molecule has 0 aliphatic heterocycles. The third kappa shape index (κ3) is 3.09. The molecule has 2 aromatic carbocycles. The van der Waals surface area contributed by atoms with Crippen molar-refractivity contribution in [2.24, 2.45) is 0 Å². The van der Waals surface area contributed by atoms with Crippen LogP contribution >= 0.6 is 0 Å². The molecule has 4 heteroatoms. The van der Waals surface area contributed by atoms with Gasteiger partial charge < -0.3 is 15.6 Å². The number of carbonyl (C=O) groups is 1. The molecule has 0 spiro atoms. The van der Waals surface area contributed by atoms with Crippen molar-refractivity contribution < 1.29 is 14.6 Å². The normalized spacial score (nSPS) is 10.3. The van der Waals surface area contributed by atoms with Gasteiger partial charge in [-0.25, -0.2) is 4.79 Å². The summed E-state index contributed by atoms with van der Waals surface area (Å²) in [6.45, 7) is 4.32. The van der Waals surface area contributed by atoms with Gasteiger partial charge in [0.25, 0.3) is 0 Å². The molecule has 0 aliphatic rings. The molecule has 0 heterocycles. The van der Waals surface area contributed by atoms with Gasteiger partial charge in [0, 0.05) is 11.8 Å². The van der Waals surface area contributed by atoms with Gasteiger partial charge in [0.15, 0.2) is 0 Å². The predicted molar refractivity (Wildman–Crippen MR) is 78.1 cm³/mol. The summed E-state index contributed by atoms with van der Waals surface area (Å²) < 4.78 is 5.64. The van der Waals surface area contributed by atoms with Crippen molar-refractivity contribution in [2.45, 2.75) is 20.5 Å². The van der Waals surface area contributed by atoms with E-state index in [9.17, 15) is 4.79 Å². The zero-order valence-corrected chi connectivity index (χ0v) is 11.5. The number of rotatable bonds is 4. The molecule has 0 radical (unpaired) electrons. The van der Waals surface area contributed by atoms with Crippen LogP contribution in [-0.2, 0) is 6.61 Å². The fourth-order valence-electron chi connectivity index (χ4n) is 1.95. The van der Waals surface area contributed by atoms with Crippen LogP contribution in [0.15, 0.2) is 36.4 Å². The third-order valence-electron chi connectivity index (χ3n) is 3.12. The number of hydrogen-bond acceptors (Lipinski definition) is 3. The maximum Gasteiger partial charge on any atom is 0.339 e. The first-order valence-electron chi connectivity index (χ1n) is 6.29. The maximum atomic E-state index is 11.1. The molecule has 0 amide bonds. The van der Waals surface area contributed by atoms with E-state index in [1.807, 2.05) is 32.0 Å². The molecular weight excluding hydrogens is 254 g/mol. The van der Waals surface area contributed by atoms with E-state index in [4.69, 9.17) is 15.6 Å². The van der Waals surface area contributed by atoms with Gasteiger partial charge >= 0.3 is 5.97 Å². The third-order valence-corrected chi connectivity index (χ3v) is 3.12. The lowest BCUT2D eigenvalue weighted by atomic mass is 10.1. The van der Waals surface area contributed by atoms with Crippen molar-refractivity contribution >= 4 is 11.7 Å². The topological polar surface area (TPSA) is 72.5 Å². The SMILES string of the molecule is Cc1ccc(C)c(COc2cc(N)ccc2C(=O)O)c1. The number of carboxylic acid groups (broad SMARTS) is 1. The molecule has 0 atom stereocenters. The van der Waals surface area contributed by atoms with Crippen LogP contribution in [0.2, 0.25) is 0 Å². The number of nitrogen functional groups attached to an aromatic ring is 1. The Morgan fingerprint density at radius 2 is 1.95 bits per heavy atom. The van der Waals surface area contributed by atoms with Crippen molar-refractivity contribution in [3.8, 4) is 5.75 Å². The van der Waals surface area contributed by atoms with Crippen molar-refractivity contribution in [2.75, 3.05) is 5.73 Å². The quantitative estimate of drug-likeness (QED) is 0.838. The van der Waals surface area contributed by atoms with E-state index in [1.54, 1.807) is 6.07 Å². The molecule has 104 valence electrons. The standard InChI is InChI=1S/C16H17NO3/c1-10-3-4-11(2)12(7-10)9-20-15-8-13(17)5-6-14(15)16(18)19/h3-8H,9,17H2,1-2H3,(H,18,19). The second kappa shape index (κ2) is 5.65. The molecule has 0 aromatic heterocycles. The van der Waals surface area contributed by atoms with E-state index in [1.165, 1.54) is 12.1 Å². The molecule has 0 bridgehead atoms. The number of aromatic carboxylic acids is 1. The number of carboxylic acids is 1. The largest absolute Gasteiger partial charge is 0.488 e. The maximum absolute atomic E-state index is 11.1. The highest BCUT2D eigenvalue weighted by molar-refractivity contribution is 5.91. The van der Waals surface area contributed by atoms with Crippen molar-refractivity contribution in [1.29, 1.82) is 0 Å². The van der Waals surface area contributed by atoms with Crippen LogP contribution in [0.5, 0.6) is 5.75 Å². The molecule has 0 saturated carbocycles. The summed E-state index contributed by atoms with van der Waals surface area (Å²) >= 11 is 0. The van der Waals surface area contributed by atoms with Crippen LogP contribution in [0.4, 0.5) is 5.69 Å². The van der Waals surface area contributed by atoms with Crippen molar-refractivity contribution in [1.82, 2.24) is 0 Å². The number of nitrogens with two attached hydrogens (primary N) is 1. The fourth-order valence-corrected chi connectivity index (χ4v) is 1.95. The van der Waals surface area contributed by atoms with E-state index >= 15 is 0 Å². The van der Waals surface area contributed by atoms with Gasteiger partial charge in [-0.3, -0.25) is 0 Å². The summed E-state index contributed by atoms with van der Waals surface area (Å²) in [4.78, 5) is 11.1. The Balaban J connectivity index is 2.24.